The molecule has 0 bridgehead atoms. The highest BCUT2D eigenvalue weighted by molar-refractivity contribution is 5.93. The van der Waals surface area contributed by atoms with Crippen LogP contribution in [0.15, 0.2) is 41.0 Å². The topological polar surface area (TPSA) is 109 Å². The standard InChI is InChI=1S/C30H31F3O8/c1-15(34)40-21-13-20(26(36)38-4)28(2)11-9-19-27(37)41-22(14-29(19,3)25(28)23(21)35)17-10-12-39-24(17)16-7-5-6-8-18(16)30(31,32)33/h5-8,10,12,19-22,25H,9,11,13-14H2,1-4H3/t19-,20-,21-,22-,25-,28-,29-/m0/s1. The Morgan fingerprint density at radius 3 is 2.44 bits per heavy atom. The number of alkyl halides is 3. The minimum atomic E-state index is -4.66. The van der Waals surface area contributed by atoms with Crippen LogP contribution in [0.2, 0.25) is 0 Å². The zero-order chi connectivity index (χ0) is 29.9. The van der Waals surface area contributed by atoms with Crippen molar-refractivity contribution in [3.05, 3.63) is 47.7 Å². The molecule has 1 aromatic carbocycles. The fraction of sp³-hybridized carbons (Fsp3) is 0.533. The van der Waals surface area contributed by atoms with Gasteiger partial charge in [0.25, 0.3) is 0 Å². The number of hydrogen-bond acceptors (Lipinski definition) is 8. The molecular formula is C30H31F3O8. The van der Waals surface area contributed by atoms with E-state index in [0.29, 0.717) is 12.8 Å². The van der Waals surface area contributed by atoms with E-state index in [1.54, 1.807) is 6.92 Å². The molecule has 2 aromatic rings. The molecule has 0 amide bonds. The van der Waals surface area contributed by atoms with Crippen molar-refractivity contribution in [2.75, 3.05) is 7.11 Å². The van der Waals surface area contributed by atoms with Crippen molar-refractivity contribution in [1.82, 2.24) is 0 Å². The first kappa shape index (κ1) is 28.9. The Kier molecular flexibility index (Phi) is 7.06. The van der Waals surface area contributed by atoms with Gasteiger partial charge in [-0.05, 0) is 42.2 Å². The molecule has 2 heterocycles. The van der Waals surface area contributed by atoms with E-state index < -0.39 is 76.2 Å². The molecule has 2 saturated carbocycles. The number of ketones is 1. The molecule has 11 heteroatoms. The van der Waals surface area contributed by atoms with E-state index in [0.717, 1.165) is 6.07 Å². The summed E-state index contributed by atoms with van der Waals surface area (Å²) in [4.78, 5) is 52.4. The van der Waals surface area contributed by atoms with Crippen LogP contribution < -0.4 is 0 Å². The average molecular weight is 577 g/mol. The number of fused-ring (bicyclic) bond motifs is 3. The van der Waals surface area contributed by atoms with Gasteiger partial charge in [0.1, 0.15) is 11.9 Å². The van der Waals surface area contributed by atoms with Crippen molar-refractivity contribution < 1.29 is 51.0 Å². The van der Waals surface area contributed by atoms with Crippen LogP contribution in [0.3, 0.4) is 0 Å². The van der Waals surface area contributed by atoms with Crippen LogP contribution >= 0.6 is 0 Å². The van der Waals surface area contributed by atoms with Crippen LogP contribution in [0.5, 0.6) is 0 Å². The van der Waals surface area contributed by atoms with Crippen LogP contribution in [0.4, 0.5) is 13.2 Å². The lowest BCUT2D eigenvalue weighted by Crippen LogP contribution is -2.64. The van der Waals surface area contributed by atoms with E-state index in [1.807, 2.05) is 6.92 Å². The third-order valence-corrected chi connectivity index (χ3v) is 9.42. The quantitative estimate of drug-likeness (QED) is 0.338. The summed E-state index contributed by atoms with van der Waals surface area (Å²) >= 11 is 0. The zero-order valence-corrected chi connectivity index (χ0v) is 23.1. The Balaban J connectivity index is 1.59. The van der Waals surface area contributed by atoms with Crippen molar-refractivity contribution >= 4 is 23.7 Å². The first-order valence-electron chi connectivity index (χ1n) is 13.5. The fourth-order valence-corrected chi connectivity index (χ4v) is 7.71. The van der Waals surface area contributed by atoms with Gasteiger partial charge < -0.3 is 18.6 Å². The number of hydrogen-bond donors (Lipinski definition) is 0. The molecule has 1 aromatic heterocycles. The molecule has 1 saturated heterocycles. The summed E-state index contributed by atoms with van der Waals surface area (Å²) in [5, 5.41) is 0. The first-order chi connectivity index (χ1) is 19.2. The highest BCUT2D eigenvalue weighted by Crippen LogP contribution is 2.65. The maximum atomic E-state index is 14.0. The number of esters is 3. The summed E-state index contributed by atoms with van der Waals surface area (Å²) in [7, 11) is 1.25. The van der Waals surface area contributed by atoms with Crippen LogP contribution in [0, 0.1) is 28.6 Å². The molecule has 3 aliphatic rings. The Hall–Kier alpha value is -3.63. The number of ether oxygens (including phenoxy) is 3. The molecule has 3 fully saturated rings. The Bertz CT molecular complexity index is 1400. The number of halogens is 3. The van der Waals surface area contributed by atoms with Gasteiger partial charge in [-0.2, -0.15) is 13.2 Å². The predicted molar refractivity (Wildman–Crippen MR) is 136 cm³/mol. The maximum Gasteiger partial charge on any atom is 0.417 e. The van der Waals surface area contributed by atoms with Crippen molar-refractivity contribution in [2.45, 2.75) is 64.8 Å². The number of carbonyl (C=O) groups excluding carboxylic acids is 4. The number of carbonyl (C=O) groups is 4. The minimum Gasteiger partial charge on any atom is -0.469 e. The lowest BCUT2D eigenvalue weighted by molar-refractivity contribution is -0.210. The van der Waals surface area contributed by atoms with Crippen molar-refractivity contribution in [3.8, 4) is 11.3 Å². The summed E-state index contributed by atoms with van der Waals surface area (Å²) in [5.41, 5.74) is -2.86. The molecule has 8 nitrogen and oxygen atoms in total. The number of rotatable bonds is 4. The van der Waals surface area contributed by atoms with Gasteiger partial charge >= 0.3 is 24.1 Å². The van der Waals surface area contributed by atoms with Crippen LogP contribution in [-0.4, -0.2) is 36.9 Å². The van der Waals surface area contributed by atoms with Crippen molar-refractivity contribution in [3.63, 3.8) is 0 Å². The highest BCUT2D eigenvalue weighted by atomic mass is 19.4. The van der Waals surface area contributed by atoms with E-state index in [2.05, 4.69) is 0 Å². The van der Waals surface area contributed by atoms with E-state index in [-0.39, 0.29) is 29.7 Å². The van der Waals surface area contributed by atoms with Gasteiger partial charge in [0.05, 0.1) is 30.8 Å². The molecule has 41 heavy (non-hydrogen) atoms. The maximum absolute atomic E-state index is 14.0. The van der Waals surface area contributed by atoms with Gasteiger partial charge in [0.15, 0.2) is 11.9 Å². The molecule has 2 aliphatic carbocycles. The summed E-state index contributed by atoms with van der Waals surface area (Å²) in [6.07, 6.45) is -4.92. The molecule has 0 N–H and O–H groups in total. The second kappa shape index (κ2) is 10.0. The first-order valence-corrected chi connectivity index (χ1v) is 13.5. The second-order valence-corrected chi connectivity index (χ2v) is 11.7. The fourth-order valence-electron chi connectivity index (χ4n) is 7.71. The summed E-state index contributed by atoms with van der Waals surface area (Å²) in [6, 6.07) is 6.43. The zero-order valence-electron chi connectivity index (χ0n) is 23.1. The number of benzene rings is 1. The van der Waals surface area contributed by atoms with Gasteiger partial charge in [-0.3, -0.25) is 19.2 Å². The summed E-state index contributed by atoms with van der Waals surface area (Å²) < 4.78 is 63.3. The number of furan rings is 1. The Morgan fingerprint density at radius 1 is 1.07 bits per heavy atom. The Morgan fingerprint density at radius 2 is 1.78 bits per heavy atom. The third kappa shape index (κ3) is 4.63. The lowest BCUT2D eigenvalue weighted by Gasteiger charge is -2.61. The van der Waals surface area contributed by atoms with Gasteiger partial charge in [0.2, 0.25) is 0 Å². The van der Waals surface area contributed by atoms with E-state index in [1.165, 1.54) is 44.6 Å². The van der Waals surface area contributed by atoms with Gasteiger partial charge in [0, 0.05) is 30.4 Å². The lowest BCUT2D eigenvalue weighted by atomic mass is 9.43. The monoisotopic (exact) mass is 576 g/mol. The van der Waals surface area contributed by atoms with Gasteiger partial charge in [-0.15, -0.1) is 0 Å². The SMILES string of the molecule is COC(=O)[C@@H]1C[C@H](OC(C)=O)C(=O)[C@H]2[C@@]1(C)CC[C@H]1C(=O)O[C@H](c3ccoc3-c3ccccc3C(F)(F)F)C[C@]21C. The molecule has 0 unspecified atom stereocenters. The van der Waals surface area contributed by atoms with E-state index in [4.69, 9.17) is 18.6 Å². The molecule has 7 atom stereocenters. The smallest absolute Gasteiger partial charge is 0.417 e. The van der Waals surface area contributed by atoms with Crippen LogP contribution in [0.25, 0.3) is 11.3 Å². The van der Waals surface area contributed by atoms with E-state index in [9.17, 15) is 32.3 Å². The molecule has 220 valence electrons. The second-order valence-electron chi connectivity index (χ2n) is 11.7. The number of Topliss-reactive ketones (excluding diaryl/α,β-unsaturated/α-hetero) is 1. The average Bonchev–Trinajstić information content (AvgIpc) is 3.38. The molecule has 0 radical (unpaired) electrons. The highest BCUT2D eigenvalue weighted by Gasteiger charge is 2.68. The van der Waals surface area contributed by atoms with Gasteiger partial charge in [-0.25, -0.2) is 0 Å². The predicted octanol–water partition coefficient (Wildman–Crippen LogP) is 5.69. The molecule has 5 rings (SSSR count). The third-order valence-electron chi connectivity index (χ3n) is 9.42. The largest absolute Gasteiger partial charge is 0.469 e. The van der Waals surface area contributed by atoms with Crippen molar-refractivity contribution in [2.24, 2.45) is 28.6 Å². The molecule has 1 aliphatic heterocycles. The number of methoxy groups -OCH3 is 1. The Labute approximate surface area is 234 Å². The summed E-state index contributed by atoms with van der Waals surface area (Å²) in [6.45, 7) is 4.77. The number of cyclic esters (lactones) is 1. The normalized spacial score (nSPS) is 33.3. The molecule has 0 spiro atoms. The van der Waals surface area contributed by atoms with Crippen LogP contribution in [0.1, 0.15) is 63.7 Å². The van der Waals surface area contributed by atoms with Gasteiger partial charge in [-0.1, -0.05) is 32.0 Å². The van der Waals surface area contributed by atoms with E-state index >= 15 is 0 Å². The minimum absolute atomic E-state index is 0.0349. The molecular weight excluding hydrogens is 545 g/mol. The van der Waals surface area contributed by atoms with Crippen LogP contribution in [-0.2, 0) is 39.6 Å². The summed E-state index contributed by atoms with van der Waals surface area (Å²) in [5.74, 6) is -4.68. The van der Waals surface area contributed by atoms with Crippen molar-refractivity contribution in [1.29, 1.82) is 0 Å².